The van der Waals surface area contributed by atoms with Crippen molar-refractivity contribution in [3.63, 3.8) is 0 Å². The van der Waals surface area contributed by atoms with Crippen molar-refractivity contribution in [2.75, 3.05) is 38.3 Å². The van der Waals surface area contributed by atoms with E-state index in [1.54, 1.807) is 31.4 Å². The summed E-state index contributed by atoms with van der Waals surface area (Å²) in [5.74, 6) is 1.27. The van der Waals surface area contributed by atoms with Crippen LogP contribution in [-0.4, -0.2) is 33.4 Å². The Morgan fingerprint density at radius 2 is 1.54 bits per heavy atom. The summed E-state index contributed by atoms with van der Waals surface area (Å²) in [6, 6.07) is 16.6. The van der Waals surface area contributed by atoms with Crippen LogP contribution in [0.1, 0.15) is 0 Å². The average Bonchev–Trinajstić information content (AvgIpc) is 2.59. The molecule has 2 aromatic rings. The molecule has 0 N–H and O–H groups in total. The summed E-state index contributed by atoms with van der Waals surface area (Å²) < 4.78 is 34.0. The molecule has 1 aliphatic heterocycles. The molecule has 2 aromatic carbocycles. The molecule has 0 radical (unpaired) electrons. The number of hydrogen-bond acceptors (Lipinski definition) is 6. The Bertz CT molecular complexity index is 678. The molecule has 3 rings (SSSR count). The van der Waals surface area contributed by atoms with Crippen molar-refractivity contribution in [3.8, 4) is 11.5 Å². The van der Waals surface area contributed by atoms with Crippen molar-refractivity contribution in [2.45, 2.75) is 0 Å². The summed E-state index contributed by atoms with van der Waals surface area (Å²) in [7, 11) is -1.95. The summed E-state index contributed by atoms with van der Waals surface area (Å²) in [5.41, 5.74) is 1.03. The molecule has 24 heavy (non-hydrogen) atoms. The van der Waals surface area contributed by atoms with Crippen molar-refractivity contribution in [3.05, 3.63) is 54.6 Å². The number of methoxy groups -OCH3 is 1. The van der Waals surface area contributed by atoms with Gasteiger partial charge in [-0.2, -0.15) is 0 Å². The SMILES string of the molecule is COc1ccc(N2CCOP(=O)(Oc3ccccc3)OCC2)cc1. The van der Waals surface area contributed by atoms with Gasteiger partial charge < -0.3 is 14.2 Å². The molecule has 6 nitrogen and oxygen atoms in total. The second-order valence-electron chi connectivity index (χ2n) is 5.20. The zero-order chi connectivity index (χ0) is 16.8. The lowest BCUT2D eigenvalue weighted by Gasteiger charge is -2.29. The molecule has 1 fully saturated rings. The van der Waals surface area contributed by atoms with Crippen molar-refractivity contribution >= 4 is 13.5 Å². The summed E-state index contributed by atoms with van der Waals surface area (Å²) in [6.07, 6.45) is 0. The second-order valence-corrected chi connectivity index (χ2v) is 6.80. The maximum atomic E-state index is 12.6. The number of para-hydroxylation sites is 1. The molecule has 0 aromatic heterocycles. The fraction of sp³-hybridized carbons (Fsp3) is 0.294. The van der Waals surface area contributed by atoms with E-state index in [-0.39, 0.29) is 13.2 Å². The first-order valence-corrected chi connectivity index (χ1v) is 9.17. The molecule has 0 unspecified atom stereocenters. The zero-order valence-electron chi connectivity index (χ0n) is 13.5. The fourth-order valence-corrected chi connectivity index (χ4v) is 3.56. The number of ether oxygens (including phenoxy) is 1. The quantitative estimate of drug-likeness (QED) is 0.784. The largest absolute Gasteiger partial charge is 0.530 e. The van der Waals surface area contributed by atoms with E-state index in [4.69, 9.17) is 18.3 Å². The standard InChI is InChI=1S/C17H20NO5P/c1-20-16-9-7-15(8-10-16)18-11-13-21-24(19,22-14-12-18)23-17-5-3-2-4-6-17/h2-10H,11-14H2,1H3. The Balaban J connectivity index is 1.61. The number of phosphoric ester groups is 1. The van der Waals surface area contributed by atoms with Gasteiger partial charge in [-0.25, -0.2) is 4.57 Å². The Morgan fingerprint density at radius 3 is 2.12 bits per heavy atom. The fourth-order valence-electron chi connectivity index (χ4n) is 2.39. The van der Waals surface area contributed by atoms with Gasteiger partial charge in [-0.1, -0.05) is 18.2 Å². The van der Waals surface area contributed by atoms with E-state index >= 15 is 0 Å². The van der Waals surface area contributed by atoms with Gasteiger partial charge in [0.1, 0.15) is 11.5 Å². The second kappa shape index (κ2) is 7.71. The van der Waals surface area contributed by atoms with Crippen LogP contribution in [0.3, 0.4) is 0 Å². The minimum Gasteiger partial charge on any atom is -0.497 e. The Kier molecular flexibility index (Phi) is 5.41. The smallest absolute Gasteiger partial charge is 0.497 e. The minimum absolute atomic E-state index is 0.246. The zero-order valence-corrected chi connectivity index (χ0v) is 14.4. The maximum absolute atomic E-state index is 12.6. The molecular weight excluding hydrogens is 329 g/mol. The highest BCUT2D eigenvalue weighted by molar-refractivity contribution is 7.48. The van der Waals surface area contributed by atoms with Crippen molar-refractivity contribution < 1.29 is 22.9 Å². The van der Waals surface area contributed by atoms with Gasteiger partial charge in [-0.15, -0.1) is 0 Å². The lowest BCUT2D eigenvalue weighted by atomic mass is 10.2. The third kappa shape index (κ3) is 4.29. The van der Waals surface area contributed by atoms with Gasteiger partial charge in [0.2, 0.25) is 0 Å². The molecule has 0 spiro atoms. The van der Waals surface area contributed by atoms with Gasteiger partial charge in [0, 0.05) is 18.8 Å². The molecule has 0 aliphatic carbocycles. The van der Waals surface area contributed by atoms with Gasteiger partial charge in [0.25, 0.3) is 0 Å². The predicted octanol–water partition coefficient (Wildman–Crippen LogP) is 3.74. The van der Waals surface area contributed by atoms with E-state index in [0.717, 1.165) is 11.4 Å². The van der Waals surface area contributed by atoms with Gasteiger partial charge in [-0.05, 0) is 36.4 Å². The summed E-state index contributed by atoms with van der Waals surface area (Å²) in [5, 5.41) is 0. The number of nitrogens with zero attached hydrogens (tertiary/aromatic N) is 1. The van der Waals surface area contributed by atoms with Crippen LogP contribution < -0.4 is 14.2 Å². The van der Waals surface area contributed by atoms with Crippen LogP contribution in [0, 0.1) is 0 Å². The van der Waals surface area contributed by atoms with Crippen molar-refractivity contribution in [1.82, 2.24) is 0 Å². The molecule has 1 saturated heterocycles. The van der Waals surface area contributed by atoms with Crippen LogP contribution in [0.2, 0.25) is 0 Å². The molecular formula is C17H20NO5P. The van der Waals surface area contributed by atoms with Crippen LogP contribution in [0.15, 0.2) is 54.6 Å². The van der Waals surface area contributed by atoms with E-state index < -0.39 is 7.82 Å². The van der Waals surface area contributed by atoms with Crippen LogP contribution >= 0.6 is 7.82 Å². The highest BCUT2D eigenvalue weighted by atomic mass is 31.2. The summed E-state index contributed by atoms with van der Waals surface area (Å²) >= 11 is 0. The molecule has 0 amide bonds. The maximum Gasteiger partial charge on any atom is 0.530 e. The predicted molar refractivity (Wildman–Crippen MR) is 91.8 cm³/mol. The van der Waals surface area contributed by atoms with E-state index in [1.807, 2.05) is 30.3 Å². The monoisotopic (exact) mass is 349 g/mol. The number of hydrogen-bond donors (Lipinski definition) is 0. The third-order valence-corrected chi connectivity index (χ3v) is 5.05. The van der Waals surface area contributed by atoms with Gasteiger partial charge in [-0.3, -0.25) is 9.05 Å². The van der Waals surface area contributed by atoms with E-state index in [0.29, 0.717) is 18.8 Å². The number of phosphoric acid groups is 1. The Morgan fingerprint density at radius 1 is 0.917 bits per heavy atom. The van der Waals surface area contributed by atoms with Crippen LogP contribution in [-0.2, 0) is 13.6 Å². The molecule has 0 saturated carbocycles. The first-order chi connectivity index (χ1) is 11.7. The number of anilines is 1. The minimum atomic E-state index is -3.58. The molecule has 1 aliphatic rings. The Labute approximate surface area is 141 Å². The average molecular weight is 349 g/mol. The highest BCUT2D eigenvalue weighted by Gasteiger charge is 2.30. The molecule has 1 heterocycles. The lowest BCUT2D eigenvalue weighted by Crippen LogP contribution is -2.33. The van der Waals surface area contributed by atoms with Crippen LogP contribution in [0.25, 0.3) is 0 Å². The topological polar surface area (TPSA) is 57.2 Å². The lowest BCUT2D eigenvalue weighted by molar-refractivity contribution is 0.149. The first-order valence-electron chi connectivity index (χ1n) is 7.71. The van der Waals surface area contributed by atoms with Crippen LogP contribution in [0.4, 0.5) is 5.69 Å². The van der Waals surface area contributed by atoms with Gasteiger partial charge in [0.05, 0.1) is 20.3 Å². The third-order valence-electron chi connectivity index (χ3n) is 3.62. The molecule has 128 valence electrons. The van der Waals surface area contributed by atoms with Gasteiger partial charge in [0.15, 0.2) is 0 Å². The van der Waals surface area contributed by atoms with Crippen molar-refractivity contribution in [2.24, 2.45) is 0 Å². The Hall–Kier alpha value is -2.01. The van der Waals surface area contributed by atoms with Gasteiger partial charge >= 0.3 is 7.82 Å². The summed E-state index contributed by atoms with van der Waals surface area (Å²) in [4.78, 5) is 2.10. The number of rotatable bonds is 4. The highest BCUT2D eigenvalue weighted by Crippen LogP contribution is 2.49. The van der Waals surface area contributed by atoms with Crippen LogP contribution in [0.5, 0.6) is 11.5 Å². The molecule has 0 bridgehead atoms. The molecule has 7 heteroatoms. The summed E-state index contributed by atoms with van der Waals surface area (Å²) in [6.45, 7) is 1.68. The van der Waals surface area contributed by atoms with Crippen molar-refractivity contribution in [1.29, 1.82) is 0 Å². The van der Waals surface area contributed by atoms with E-state index in [1.165, 1.54) is 0 Å². The first kappa shape index (κ1) is 16.8. The normalized spacial score (nSPS) is 17.6. The van der Waals surface area contributed by atoms with E-state index in [2.05, 4.69) is 4.90 Å². The molecule has 0 atom stereocenters. The van der Waals surface area contributed by atoms with E-state index in [9.17, 15) is 4.57 Å². The number of benzene rings is 2.